The fraction of sp³-hybridized carbons (Fsp3) is 0.478. The predicted octanol–water partition coefficient (Wildman–Crippen LogP) is 2.06. The van der Waals surface area contributed by atoms with E-state index in [4.69, 9.17) is 15.2 Å². The van der Waals surface area contributed by atoms with E-state index in [1.807, 2.05) is 18.2 Å². The van der Waals surface area contributed by atoms with Crippen LogP contribution in [0.15, 0.2) is 53.3 Å². The number of methoxy groups -OCH3 is 1. The van der Waals surface area contributed by atoms with Crippen molar-refractivity contribution < 1.29 is 19.1 Å². The summed E-state index contributed by atoms with van der Waals surface area (Å²) in [5.41, 5.74) is 7.16. The molecule has 1 aliphatic heterocycles. The fourth-order valence-corrected chi connectivity index (χ4v) is 5.05. The standard InChI is InChI=1S/C23H28N2O4/c1-22(15-7-5-4-6-8-15)13-29-19-16(20(26)25-2)10-23(21(24)27,11-18(19)22)17-9-14(17)12-28-3/h4-8,10,14,17H,9,11-13H2,1-3H3,(H2,24,27)(H,25,26)/t14-,17+,22?,23?/m1/s1. The molecule has 0 aromatic heterocycles. The second-order valence-electron chi connectivity index (χ2n) is 8.57. The summed E-state index contributed by atoms with van der Waals surface area (Å²) >= 11 is 0. The van der Waals surface area contributed by atoms with Crippen LogP contribution in [-0.4, -0.2) is 39.2 Å². The van der Waals surface area contributed by atoms with Crippen LogP contribution in [0.5, 0.6) is 0 Å². The fourth-order valence-electron chi connectivity index (χ4n) is 5.05. The molecule has 0 saturated heterocycles. The van der Waals surface area contributed by atoms with Crippen LogP contribution in [0.2, 0.25) is 0 Å². The minimum Gasteiger partial charge on any atom is -0.492 e. The molecule has 1 fully saturated rings. The zero-order chi connectivity index (χ0) is 20.8. The van der Waals surface area contributed by atoms with E-state index in [0.717, 1.165) is 17.6 Å². The van der Waals surface area contributed by atoms with Crippen molar-refractivity contribution in [2.75, 3.05) is 27.4 Å². The molecule has 2 amide bonds. The third-order valence-corrected chi connectivity index (χ3v) is 6.87. The van der Waals surface area contributed by atoms with Crippen LogP contribution in [0.1, 0.15) is 25.3 Å². The van der Waals surface area contributed by atoms with Crippen molar-refractivity contribution in [3.63, 3.8) is 0 Å². The third-order valence-electron chi connectivity index (χ3n) is 6.87. The second kappa shape index (κ2) is 7.02. The molecule has 2 aliphatic carbocycles. The first kappa shape index (κ1) is 19.7. The third kappa shape index (κ3) is 2.97. The van der Waals surface area contributed by atoms with Gasteiger partial charge in [-0.15, -0.1) is 0 Å². The number of nitrogens with one attached hydrogen (secondary N) is 1. The molecule has 6 heteroatoms. The summed E-state index contributed by atoms with van der Waals surface area (Å²) in [6.45, 7) is 3.13. The van der Waals surface area contributed by atoms with E-state index in [0.29, 0.717) is 31.0 Å². The Labute approximate surface area is 171 Å². The number of ether oxygens (including phenoxy) is 2. The maximum absolute atomic E-state index is 12.8. The van der Waals surface area contributed by atoms with Gasteiger partial charge in [-0.2, -0.15) is 0 Å². The molecule has 154 valence electrons. The lowest BCUT2D eigenvalue weighted by Crippen LogP contribution is -2.43. The Morgan fingerprint density at radius 3 is 2.66 bits per heavy atom. The Balaban J connectivity index is 1.84. The molecule has 1 aromatic rings. The van der Waals surface area contributed by atoms with Gasteiger partial charge in [0.2, 0.25) is 5.91 Å². The van der Waals surface area contributed by atoms with Crippen LogP contribution >= 0.6 is 0 Å². The number of amides is 2. The summed E-state index contributed by atoms with van der Waals surface area (Å²) in [4.78, 5) is 25.6. The van der Waals surface area contributed by atoms with E-state index in [-0.39, 0.29) is 17.7 Å². The van der Waals surface area contributed by atoms with Crippen molar-refractivity contribution in [1.29, 1.82) is 0 Å². The van der Waals surface area contributed by atoms with E-state index in [2.05, 4.69) is 24.4 Å². The van der Waals surface area contributed by atoms with Crippen molar-refractivity contribution in [2.24, 2.45) is 23.0 Å². The molecular weight excluding hydrogens is 368 g/mol. The molecule has 1 aromatic carbocycles. The predicted molar refractivity (Wildman–Crippen MR) is 109 cm³/mol. The van der Waals surface area contributed by atoms with Gasteiger partial charge < -0.3 is 20.5 Å². The number of primary amides is 1. The van der Waals surface area contributed by atoms with Gasteiger partial charge in [0, 0.05) is 20.8 Å². The zero-order valence-electron chi connectivity index (χ0n) is 17.2. The lowest BCUT2D eigenvalue weighted by atomic mass is 9.64. The van der Waals surface area contributed by atoms with Crippen molar-refractivity contribution in [3.8, 4) is 0 Å². The summed E-state index contributed by atoms with van der Waals surface area (Å²) in [5.74, 6) is 0.272. The zero-order valence-corrected chi connectivity index (χ0v) is 17.2. The molecule has 3 aliphatic rings. The smallest absolute Gasteiger partial charge is 0.254 e. The van der Waals surface area contributed by atoms with Gasteiger partial charge in [-0.3, -0.25) is 9.59 Å². The van der Waals surface area contributed by atoms with Crippen molar-refractivity contribution in [1.82, 2.24) is 5.32 Å². The van der Waals surface area contributed by atoms with E-state index in [1.165, 1.54) is 0 Å². The second-order valence-corrected chi connectivity index (χ2v) is 8.57. The maximum atomic E-state index is 12.8. The summed E-state index contributed by atoms with van der Waals surface area (Å²) in [7, 11) is 3.25. The van der Waals surface area contributed by atoms with Crippen LogP contribution in [-0.2, 0) is 24.5 Å². The normalized spacial score (nSPS) is 32.9. The molecule has 1 saturated carbocycles. The minimum atomic E-state index is -0.909. The largest absolute Gasteiger partial charge is 0.492 e. The number of nitrogens with two attached hydrogens (primary N) is 1. The Bertz CT molecular complexity index is 907. The lowest BCUT2D eigenvalue weighted by molar-refractivity contribution is -0.126. The van der Waals surface area contributed by atoms with Gasteiger partial charge in [0.05, 0.1) is 16.4 Å². The van der Waals surface area contributed by atoms with Gasteiger partial charge in [-0.25, -0.2) is 0 Å². The molecule has 1 heterocycles. The highest BCUT2D eigenvalue weighted by atomic mass is 16.5. The van der Waals surface area contributed by atoms with Crippen molar-refractivity contribution in [3.05, 3.63) is 58.9 Å². The van der Waals surface area contributed by atoms with Gasteiger partial charge >= 0.3 is 0 Å². The van der Waals surface area contributed by atoms with Crippen LogP contribution in [0, 0.1) is 17.3 Å². The minimum absolute atomic E-state index is 0.0641. The molecule has 4 rings (SSSR count). The molecule has 0 radical (unpaired) electrons. The molecule has 0 spiro atoms. The Morgan fingerprint density at radius 2 is 2.03 bits per heavy atom. The topological polar surface area (TPSA) is 90.7 Å². The molecule has 3 N–H and O–H groups in total. The molecule has 6 nitrogen and oxygen atoms in total. The summed E-state index contributed by atoms with van der Waals surface area (Å²) in [6, 6.07) is 10.1. The summed E-state index contributed by atoms with van der Waals surface area (Å²) in [5, 5.41) is 2.69. The Kier molecular flexibility index (Phi) is 4.77. The van der Waals surface area contributed by atoms with Crippen molar-refractivity contribution >= 4 is 11.8 Å². The van der Waals surface area contributed by atoms with Crippen LogP contribution in [0.4, 0.5) is 0 Å². The van der Waals surface area contributed by atoms with Crippen LogP contribution < -0.4 is 11.1 Å². The molecule has 2 unspecified atom stereocenters. The van der Waals surface area contributed by atoms with E-state index < -0.39 is 16.7 Å². The maximum Gasteiger partial charge on any atom is 0.254 e. The highest BCUT2D eigenvalue weighted by molar-refractivity contribution is 6.00. The Hall–Kier alpha value is -2.60. The summed E-state index contributed by atoms with van der Waals surface area (Å²) < 4.78 is 11.4. The average molecular weight is 396 g/mol. The monoisotopic (exact) mass is 396 g/mol. The summed E-state index contributed by atoms with van der Waals surface area (Å²) in [6.07, 6.45) is 3.10. The van der Waals surface area contributed by atoms with Gasteiger partial charge in [0.15, 0.2) is 0 Å². The average Bonchev–Trinajstić information content (AvgIpc) is 3.43. The van der Waals surface area contributed by atoms with Crippen LogP contribution in [0.25, 0.3) is 0 Å². The van der Waals surface area contributed by atoms with Gasteiger partial charge in [-0.1, -0.05) is 36.4 Å². The first-order valence-corrected chi connectivity index (χ1v) is 10.0. The number of benzene rings is 1. The van der Waals surface area contributed by atoms with E-state index in [1.54, 1.807) is 20.2 Å². The molecule has 29 heavy (non-hydrogen) atoms. The van der Waals surface area contributed by atoms with Gasteiger partial charge in [0.1, 0.15) is 12.4 Å². The quantitative estimate of drug-likeness (QED) is 0.770. The van der Waals surface area contributed by atoms with Crippen molar-refractivity contribution in [2.45, 2.75) is 25.2 Å². The molecule has 0 bridgehead atoms. The van der Waals surface area contributed by atoms with Gasteiger partial charge in [-0.05, 0) is 42.7 Å². The molecular formula is C23H28N2O4. The Morgan fingerprint density at radius 1 is 1.31 bits per heavy atom. The number of hydrogen-bond donors (Lipinski definition) is 2. The first-order chi connectivity index (χ1) is 13.9. The molecule has 4 atom stereocenters. The highest BCUT2D eigenvalue weighted by Crippen LogP contribution is 2.60. The van der Waals surface area contributed by atoms with E-state index >= 15 is 0 Å². The number of carbonyl (C=O) groups is 2. The number of hydrogen-bond acceptors (Lipinski definition) is 4. The number of carbonyl (C=O) groups excluding carboxylic acids is 2. The van der Waals surface area contributed by atoms with E-state index in [9.17, 15) is 9.59 Å². The SMILES string of the molecule is CNC(=O)C1=CC(C(N)=O)([C@H]2C[C@@H]2COC)CC2=C1OCC2(C)c1ccccc1. The van der Waals surface area contributed by atoms with Crippen LogP contribution in [0.3, 0.4) is 0 Å². The number of likely N-dealkylation sites (N-methyl/N-ethyl adjacent to an activating group) is 1. The van der Waals surface area contributed by atoms with Gasteiger partial charge in [0.25, 0.3) is 5.91 Å². The highest BCUT2D eigenvalue weighted by Gasteiger charge is 2.59. The number of rotatable bonds is 6. The lowest BCUT2D eigenvalue weighted by Gasteiger charge is -2.37. The first-order valence-electron chi connectivity index (χ1n) is 10.0.